The van der Waals surface area contributed by atoms with Crippen LogP contribution >= 0.6 is 11.8 Å². The molecule has 11 heteroatoms. The van der Waals surface area contributed by atoms with Gasteiger partial charge in [0.15, 0.2) is 0 Å². The lowest BCUT2D eigenvalue weighted by Crippen LogP contribution is -2.44. The number of hydrogen-bond acceptors (Lipinski definition) is 5. The zero-order valence-corrected chi connectivity index (χ0v) is 18.5. The number of benzene rings is 2. The van der Waals surface area contributed by atoms with Gasteiger partial charge in [0, 0.05) is 5.69 Å². The standard InChI is InChI=1S/C20H22F2N4O3S2/c1-3-31(28,29)26-17(8-9-30-2)20(27)23-13-5-7-16-18(11-13)25-19(24-16)14-10-12(21)4-6-15(14)22/h4-7,10-11,17,26H,3,8-9H2,1-2H3,(H,23,27)(H,24,25). The van der Waals surface area contributed by atoms with Crippen molar-refractivity contribution in [3.05, 3.63) is 48.0 Å². The van der Waals surface area contributed by atoms with Crippen LogP contribution in [0.4, 0.5) is 14.5 Å². The molecule has 0 aliphatic rings. The molecule has 0 bridgehead atoms. The molecule has 0 fully saturated rings. The van der Waals surface area contributed by atoms with Crippen LogP contribution in [0.25, 0.3) is 22.4 Å². The number of rotatable bonds is 9. The Kier molecular flexibility index (Phi) is 7.29. The minimum atomic E-state index is -3.56. The number of nitrogens with one attached hydrogen (secondary N) is 3. The van der Waals surface area contributed by atoms with E-state index in [1.807, 2.05) is 6.26 Å². The van der Waals surface area contributed by atoms with E-state index in [1.54, 1.807) is 18.2 Å². The third-order valence-corrected chi connectivity index (χ3v) is 6.61. The van der Waals surface area contributed by atoms with Crippen molar-refractivity contribution < 1.29 is 22.0 Å². The molecule has 1 atom stereocenters. The summed E-state index contributed by atoms with van der Waals surface area (Å²) in [7, 11) is -3.56. The van der Waals surface area contributed by atoms with E-state index >= 15 is 0 Å². The number of imidazole rings is 1. The van der Waals surface area contributed by atoms with E-state index in [9.17, 15) is 22.0 Å². The van der Waals surface area contributed by atoms with E-state index in [2.05, 4.69) is 20.0 Å². The molecule has 0 aliphatic heterocycles. The van der Waals surface area contributed by atoms with Gasteiger partial charge in [0.2, 0.25) is 15.9 Å². The summed E-state index contributed by atoms with van der Waals surface area (Å²) in [5.41, 5.74) is 1.42. The van der Waals surface area contributed by atoms with Gasteiger partial charge in [0.1, 0.15) is 23.5 Å². The number of fused-ring (bicyclic) bond motifs is 1. The highest BCUT2D eigenvalue weighted by atomic mass is 32.2. The zero-order valence-electron chi connectivity index (χ0n) is 16.9. The lowest BCUT2D eigenvalue weighted by atomic mass is 10.2. The van der Waals surface area contributed by atoms with Crippen LogP contribution in [0.2, 0.25) is 0 Å². The van der Waals surface area contributed by atoms with Gasteiger partial charge >= 0.3 is 0 Å². The molecule has 0 aliphatic carbocycles. The predicted molar refractivity (Wildman–Crippen MR) is 119 cm³/mol. The molecule has 3 N–H and O–H groups in total. The minimum Gasteiger partial charge on any atom is -0.338 e. The van der Waals surface area contributed by atoms with E-state index in [-0.39, 0.29) is 17.1 Å². The Morgan fingerprint density at radius 3 is 2.71 bits per heavy atom. The minimum absolute atomic E-state index is 0.00659. The molecule has 1 unspecified atom stereocenters. The van der Waals surface area contributed by atoms with Crippen molar-refractivity contribution in [1.29, 1.82) is 0 Å². The van der Waals surface area contributed by atoms with Gasteiger partial charge in [-0.3, -0.25) is 4.79 Å². The molecule has 1 amide bonds. The number of anilines is 1. The second-order valence-corrected chi connectivity index (χ2v) is 9.81. The zero-order chi connectivity index (χ0) is 22.6. The maximum Gasteiger partial charge on any atom is 0.242 e. The molecule has 7 nitrogen and oxygen atoms in total. The summed E-state index contributed by atoms with van der Waals surface area (Å²) < 4.78 is 53.8. The summed E-state index contributed by atoms with van der Waals surface area (Å²) in [5.74, 6) is -1.06. The number of halogens is 2. The fourth-order valence-corrected chi connectivity index (χ4v) is 4.20. The Bertz CT molecular complexity index is 1200. The molecule has 31 heavy (non-hydrogen) atoms. The molecule has 3 rings (SSSR count). The lowest BCUT2D eigenvalue weighted by Gasteiger charge is -2.17. The van der Waals surface area contributed by atoms with Crippen LogP contribution in [0.15, 0.2) is 36.4 Å². The Hall–Kier alpha value is -2.50. The smallest absolute Gasteiger partial charge is 0.242 e. The van der Waals surface area contributed by atoms with E-state index in [0.29, 0.717) is 28.9 Å². The van der Waals surface area contributed by atoms with Gasteiger partial charge in [0.25, 0.3) is 0 Å². The van der Waals surface area contributed by atoms with Crippen LogP contribution in [-0.2, 0) is 14.8 Å². The first-order valence-corrected chi connectivity index (χ1v) is 12.5. The quantitative estimate of drug-likeness (QED) is 0.446. The first kappa shape index (κ1) is 23.2. The van der Waals surface area contributed by atoms with Gasteiger partial charge in [-0.2, -0.15) is 11.8 Å². The number of sulfonamides is 1. The average Bonchev–Trinajstić information content (AvgIpc) is 3.15. The maximum atomic E-state index is 14.0. The normalized spacial score (nSPS) is 12.8. The Morgan fingerprint density at radius 1 is 1.23 bits per heavy atom. The number of carbonyl (C=O) groups is 1. The van der Waals surface area contributed by atoms with Crippen molar-refractivity contribution in [2.24, 2.45) is 0 Å². The van der Waals surface area contributed by atoms with Crippen LogP contribution in [0, 0.1) is 11.6 Å². The molecule has 1 heterocycles. The molecule has 0 radical (unpaired) electrons. The third kappa shape index (κ3) is 5.81. The molecular weight excluding hydrogens is 446 g/mol. The number of hydrogen-bond donors (Lipinski definition) is 3. The highest BCUT2D eigenvalue weighted by molar-refractivity contribution is 7.98. The monoisotopic (exact) mass is 468 g/mol. The van der Waals surface area contributed by atoms with Crippen molar-refractivity contribution in [3.63, 3.8) is 0 Å². The molecule has 0 saturated heterocycles. The summed E-state index contributed by atoms with van der Waals surface area (Å²) in [6.45, 7) is 1.50. The highest BCUT2D eigenvalue weighted by Crippen LogP contribution is 2.25. The highest BCUT2D eigenvalue weighted by Gasteiger charge is 2.23. The molecule has 0 spiro atoms. The van der Waals surface area contributed by atoms with Gasteiger partial charge < -0.3 is 10.3 Å². The number of amides is 1. The fourth-order valence-electron chi connectivity index (χ4n) is 2.90. The molecule has 2 aromatic carbocycles. The van der Waals surface area contributed by atoms with Crippen molar-refractivity contribution in [2.45, 2.75) is 19.4 Å². The van der Waals surface area contributed by atoms with Crippen molar-refractivity contribution in [2.75, 3.05) is 23.1 Å². The summed E-state index contributed by atoms with van der Waals surface area (Å²) in [6.07, 6.45) is 2.20. The van der Waals surface area contributed by atoms with Gasteiger partial charge in [-0.15, -0.1) is 0 Å². The number of H-pyrrole nitrogens is 1. The van der Waals surface area contributed by atoms with Gasteiger partial charge in [-0.1, -0.05) is 0 Å². The third-order valence-electron chi connectivity index (χ3n) is 4.56. The Balaban J connectivity index is 1.83. The molecule has 3 aromatic rings. The number of aromatic amines is 1. The second kappa shape index (κ2) is 9.75. The van der Waals surface area contributed by atoms with Crippen molar-refractivity contribution >= 4 is 44.4 Å². The molecular formula is C20H22F2N4O3S2. The predicted octanol–water partition coefficient (Wildman–Crippen LogP) is 3.51. The second-order valence-electron chi connectivity index (χ2n) is 6.79. The van der Waals surface area contributed by atoms with E-state index in [0.717, 1.165) is 18.2 Å². The number of carbonyl (C=O) groups excluding carboxylic acids is 1. The first-order chi connectivity index (χ1) is 14.7. The Morgan fingerprint density at radius 2 is 2.00 bits per heavy atom. The average molecular weight is 469 g/mol. The topological polar surface area (TPSA) is 104 Å². The van der Waals surface area contributed by atoms with Crippen LogP contribution < -0.4 is 10.0 Å². The Labute approximate surface area is 183 Å². The van der Waals surface area contributed by atoms with Crippen LogP contribution in [0.3, 0.4) is 0 Å². The van der Waals surface area contributed by atoms with Gasteiger partial charge in [-0.25, -0.2) is 26.9 Å². The first-order valence-electron chi connectivity index (χ1n) is 9.47. The van der Waals surface area contributed by atoms with Gasteiger partial charge in [-0.05, 0) is 61.8 Å². The summed E-state index contributed by atoms with van der Waals surface area (Å²) in [4.78, 5) is 19.9. The number of aromatic nitrogens is 2. The summed E-state index contributed by atoms with van der Waals surface area (Å²) >= 11 is 1.51. The van der Waals surface area contributed by atoms with Crippen LogP contribution in [-0.4, -0.2) is 48.1 Å². The van der Waals surface area contributed by atoms with Crippen LogP contribution in [0.5, 0.6) is 0 Å². The van der Waals surface area contributed by atoms with Crippen molar-refractivity contribution in [3.8, 4) is 11.4 Å². The van der Waals surface area contributed by atoms with E-state index < -0.39 is 33.6 Å². The summed E-state index contributed by atoms with van der Waals surface area (Å²) in [6, 6.07) is 7.01. The van der Waals surface area contributed by atoms with Crippen LogP contribution in [0.1, 0.15) is 13.3 Å². The largest absolute Gasteiger partial charge is 0.338 e. The van der Waals surface area contributed by atoms with E-state index in [1.165, 1.54) is 18.7 Å². The summed E-state index contributed by atoms with van der Waals surface area (Å²) in [5, 5.41) is 2.70. The maximum absolute atomic E-state index is 14.0. The van der Waals surface area contributed by atoms with Gasteiger partial charge in [0.05, 0.1) is 22.3 Å². The number of nitrogens with zero attached hydrogens (tertiary/aromatic N) is 1. The number of thioether (sulfide) groups is 1. The molecule has 0 saturated carbocycles. The molecule has 1 aromatic heterocycles. The SMILES string of the molecule is CCS(=O)(=O)NC(CCSC)C(=O)Nc1ccc2nc(-c3cc(F)ccc3F)[nH]c2c1. The van der Waals surface area contributed by atoms with Crippen molar-refractivity contribution in [1.82, 2.24) is 14.7 Å². The lowest BCUT2D eigenvalue weighted by molar-refractivity contribution is -0.117. The molecule has 166 valence electrons. The fraction of sp³-hybridized carbons (Fsp3) is 0.300. The van der Waals surface area contributed by atoms with E-state index in [4.69, 9.17) is 0 Å².